The molecule has 1 aromatic carbocycles. The fourth-order valence-electron chi connectivity index (χ4n) is 1.22. The number of carbonyl (C=O) groups is 1. The number of ether oxygens (including phenoxy) is 2. The Bertz CT molecular complexity index is 347. The van der Waals surface area contributed by atoms with Crippen molar-refractivity contribution in [3.63, 3.8) is 0 Å². The quantitative estimate of drug-likeness (QED) is 0.739. The van der Waals surface area contributed by atoms with Crippen molar-refractivity contribution in [1.29, 1.82) is 0 Å². The summed E-state index contributed by atoms with van der Waals surface area (Å²) in [5.41, 5.74) is 0.446. The standard InChI is InChI=1S/C10H12O5/c1-14-7-3-6(5-9(11)12)4-8(15-2)10(7)13/h3-4,13H,5H2,1-2H3,(H,11,12)/p-1. The lowest BCUT2D eigenvalue weighted by atomic mass is 10.1. The molecule has 82 valence electrons. The van der Waals surface area contributed by atoms with Crippen LogP contribution in [0, 0.1) is 0 Å². The van der Waals surface area contributed by atoms with Crippen molar-refractivity contribution in [2.24, 2.45) is 0 Å². The van der Waals surface area contributed by atoms with Crippen LogP contribution in [0.2, 0.25) is 0 Å². The van der Waals surface area contributed by atoms with Gasteiger partial charge in [0.05, 0.1) is 14.2 Å². The molecule has 0 heterocycles. The zero-order chi connectivity index (χ0) is 11.4. The van der Waals surface area contributed by atoms with Crippen molar-refractivity contribution in [2.75, 3.05) is 14.2 Å². The molecule has 0 atom stereocenters. The van der Waals surface area contributed by atoms with Gasteiger partial charge in [-0.2, -0.15) is 0 Å². The molecule has 0 unspecified atom stereocenters. The molecule has 15 heavy (non-hydrogen) atoms. The monoisotopic (exact) mass is 211 g/mol. The van der Waals surface area contributed by atoms with E-state index in [-0.39, 0.29) is 23.7 Å². The van der Waals surface area contributed by atoms with Gasteiger partial charge in [0.2, 0.25) is 5.75 Å². The topological polar surface area (TPSA) is 78.8 Å². The molecule has 0 spiro atoms. The number of phenolic OH excluding ortho intramolecular Hbond substituents is 1. The molecule has 1 rings (SSSR count). The lowest BCUT2D eigenvalue weighted by Crippen LogP contribution is -2.24. The fraction of sp³-hybridized carbons (Fsp3) is 0.300. The van der Waals surface area contributed by atoms with E-state index in [0.717, 1.165) is 0 Å². The Hall–Kier alpha value is -1.91. The highest BCUT2D eigenvalue weighted by molar-refractivity contribution is 5.69. The van der Waals surface area contributed by atoms with Crippen LogP contribution in [0.15, 0.2) is 12.1 Å². The number of carbonyl (C=O) groups excluding carboxylic acids is 1. The molecule has 0 amide bonds. The minimum absolute atomic E-state index is 0.151. The second-order valence-corrected chi connectivity index (χ2v) is 2.90. The maximum Gasteiger partial charge on any atom is 0.200 e. The van der Waals surface area contributed by atoms with Gasteiger partial charge in [-0.05, 0) is 17.7 Å². The molecule has 0 bridgehead atoms. The number of carboxylic acids is 1. The van der Waals surface area contributed by atoms with E-state index in [9.17, 15) is 15.0 Å². The van der Waals surface area contributed by atoms with Crippen LogP contribution in [-0.2, 0) is 11.2 Å². The smallest absolute Gasteiger partial charge is 0.200 e. The molecule has 1 N–H and O–H groups in total. The summed E-state index contributed by atoms with van der Waals surface area (Å²) in [5.74, 6) is -1.01. The molecule has 0 fully saturated rings. The highest BCUT2D eigenvalue weighted by atomic mass is 16.5. The molecular formula is C10H11O5-. The number of rotatable bonds is 4. The predicted molar refractivity (Wildman–Crippen MR) is 49.9 cm³/mol. The first-order chi connectivity index (χ1) is 7.08. The van der Waals surface area contributed by atoms with Gasteiger partial charge in [0.1, 0.15) is 0 Å². The number of aliphatic carboxylic acids is 1. The molecule has 0 aliphatic rings. The van der Waals surface area contributed by atoms with Crippen LogP contribution in [0.25, 0.3) is 0 Å². The number of carboxylic acid groups (broad SMARTS) is 1. The average molecular weight is 211 g/mol. The fourth-order valence-corrected chi connectivity index (χ4v) is 1.22. The van der Waals surface area contributed by atoms with Crippen molar-refractivity contribution in [3.8, 4) is 17.2 Å². The summed E-state index contributed by atoms with van der Waals surface area (Å²) in [6, 6.07) is 2.85. The van der Waals surface area contributed by atoms with Crippen LogP contribution in [0.5, 0.6) is 17.2 Å². The summed E-state index contributed by atoms with van der Waals surface area (Å²) in [6.45, 7) is 0. The van der Waals surface area contributed by atoms with Gasteiger partial charge in [-0.1, -0.05) is 0 Å². The zero-order valence-electron chi connectivity index (χ0n) is 8.44. The average Bonchev–Trinajstić information content (AvgIpc) is 2.19. The Morgan fingerprint density at radius 3 is 2.13 bits per heavy atom. The first-order valence-electron chi connectivity index (χ1n) is 4.22. The number of phenols is 1. The summed E-state index contributed by atoms with van der Waals surface area (Å²) in [5, 5.41) is 19.9. The Kier molecular flexibility index (Phi) is 3.38. The molecule has 1 aromatic rings. The summed E-state index contributed by atoms with van der Waals surface area (Å²) >= 11 is 0. The van der Waals surface area contributed by atoms with Gasteiger partial charge in [-0.25, -0.2) is 0 Å². The Morgan fingerprint density at radius 2 is 1.80 bits per heavy atom. The van der Waals surface area contributed by atoms with Crippen molar-refractivity contribution in [3.05, 3.63) is 17.7 Å². The van der Waals surface area contributed by atoms with Gasteiger partial charge in [-0.15, -0.1) is 0 Å². The van der Waals surface area contributed by atoms with E-state index in [0.29, 0.717) is 5.56 Å². The van der Waals surface area contributed by atoms with Crippen LogP contribution in [0.3, 0.4) is 0 Å². The van der Waals surface area contributed by atoms with Gasteiger partial charge in [-0.3, -0.25) is 0 Å². The summed E-state index contributed by atoms with van der Waals surface area (Å²) in [7, 11) is 2.74. The lowest BCUT2D eigenvalue weighted by Gasteiger charge is -2.11. The molecule has 0 aliphatic heterocycles. The van der Waals surface area contributed by atoms with Gasteiger partial charge in [0.25, 0.3) is 0 Å². The maximum atomic E-state index is 10.4. The molecule has 0 aromatic heterocycles. The van der Waals surface area contributed by atoms with Crippen molar-refractivity contribution in [1.82, 2.24) is 0 Å². The van der Waals surface area contributed by atoms with E-state index in [2.05, 4.69) is 0 Å². The van der Waals surface area contributed by atoms with Crippen LogP contribution in [0.1, 0.15) is 5.56 Å². The Labute approximate surface area is 86.9 Å². The minimum atomic E-state index is -1.20. The van der Waals surface area contributed by atoms with E-state index in [1.807, 2.05) is 0 Å². The Balaban J connectivity index is 3.14. The van der Waals surface area contributed by atoms with E-state index in [1.165, 1.54) is 26.4 Å². The van der Waals surface area contributed by atoms with Crippen LogP contribution in [0.4, 0.5) is 0 Å². The van der Waals surface area contributed by atoms with Gasteiger partial charge in [0, 0.05) is 12.4 Å². The van der Waals surface area contributed by atoms with Crippen LogP contribution >= 0.6 is 0 Å². The first kappa shape index (κ1) is 11.2. The number of hydrogen-bond acceptors (Lipinski definition) is 5. The van der Waals surface area contributed by atoms with Crippen molar-refractivity contribution >= 4 is 5.97 Å². The Morgan fingerprint density at radius 1 is 1.33 bits per heavy atom. The van der Waals surface area contributed by atoms with Crippen molar-refractivity contribution in [2.45, 2.75) is 6.42 Å². The second kappa shape index (κ2) is 4.54. The predicted octanol–water partition coefficient (Wildman–Crippen LogP) is -0.298. The van der Waals surface area contributed by atoms with Crippen molar-refractivity contribution < 1.29 is 24.5 Å². The maximum absolute atomic E-state index is 10.4. The van der Waals surface area contributed by atoms with E-state index >= 15 is 0 Å². The van der Waals surface area contributed by atoms with Gasteiger partial charge in [0.15, 0.2) is 11.5 Å². The number of hydrogen-bond donors (Lipinski definition) is 1. The third kappa shape index (κ3) is 2.52. The summed E-state index contributed by atoms with van der Waals surface area (Å²) < 4.78 is 9.73. The minimum Gasteiger partial charge on any atom is -0.550 e. The third-order valence-electron chi connectivity index (χ3n) is 1.89. The van der Waals surface area contributed by atoms with Gasteiger partial charge < -0.3 is 24.5 Å². The van der Waals surface area contributed by atoms with Gasteiger partial charge >= 0.3 is 0 Å². The zero-order valence-corrected chi connectivity index (χ0v) is 8.44. The molecule has 0 saturated carbocycles. The second-order valence-electron chi connectivity index (χ2n) is 2.90. The first-order valence-corrected chi connectivity index (χ1v) is 4.22. The van der Waals surface area contributed by atoms with E-state index in [4.69, 9.17) is 9.47 Å². The lowest BCUT2D eigenvalue weighted by molar-refractivity contribution is -0.304. The number of methoxy groups -OCH3 is 2. The molecule has 0 saturated heterocycles. The number of benzene rings is 1. The summed E-state index contributed by atoms with van der Waals surface area (Å²) in [4.78, 5) is 10.4. The molecule has 0 radical (unpaired) electrons. The van der Waals surface area contributed by atoms with E-state index in [1.54, 1.807) is 0 Å². The number of aromatic hydroxyl groups is 1. The van der Waals surface area contributed by atoms with Crippen LogP contribution in [-0.4, -0.2) is 25.3 Å². The van der Waals surface area contributed by atoms with Crippen LogP contribution < -0.4 is 14.6 Å². The molecule has 0 aliphatic carbocycles. The molecular weight excluding hydrogens is 200 g/mol. The SMILES string of the molecule is COc1cc(CC(=O)[O-])cc(OC)c1O. The summed E-state index contributed by atoms with van der Waals surface area (Å²) in [6.07, 6.45) is -0.257. The highest BCUT2D eigenvalue weighted by Crippen LogP contribution is 2.37. The molecule has 5 heteroatoms. The molecule has 5 nitrogen and oxygen atoms in total. The van der Waals surface area contributed by atoms with E-state index < -0.39 is 5.97 Å². The highest BCUT2D eigenvalue weighted by Gasteiger charge is 2.10. The third-order valence-corrected chi connectivity index (χ3v) is 1.89. The normalized spacial score (nSPS) is 9.73. The largest absolute Gasteiger partial charge is 0.550 e.